The summed E-state index contributed by atoms with van der Waals surface area (Å²) in [6.45, 7) is 10.0. The molecule has 0 saturated carbocycles. The molecule has 266 valence electrons. The lowest BCUT2D eigenvalue weighted by Gasteiger charge is -2.22. The minimum atomic E-state index is -1.20. The summed E-state index contributed by atoms with van der Waals surface area (Å²) in [5.74, 6) is -2.66. The van der Waals surface area contributed by atoms with Crippen molar-refractivity contribution in [3.8, 4) is 5.75 Å². The Morgan fingerprint density at radius 2 is 1.36 bits per heavy atom. The van der Waals surface area contributed by atoms with E-state index >= 15 is 0 Å². The number of halogens is 2. The molecule has 0 aliphatic carbocycles. The highest BCUT2D eigenvalue weighted by Gasteiger charge is 2.23. The van der Waals surface area contributed by atoms with Crippen molar-refractivity contribution in [2.75, 3.05) is 0 Å². The number of nitrogens with zero attached hydrogens (tertiary/aromatic N) is 1. The van der Waals surface area contributed by atoms with Crippen LogP contribution < -0.4 is 20.7 Å². The number of esters is 1. The topological polar surface area (TPSA) is 182 Å². The van der Waals surface area contributed by atoms with Crippen molar-refractivity contribution < 1.29 is 43.3 Å². The Labute approximate surface area is 299 Å². The van der Waals surface area contributed by atoms with E-state index in [1.165, 1.54) is 42.5 Å². The van der Waals surface area contributed by atoms with Crippen molar-refractivity contribution in [3.63, 3.8) is 0 Å². The minimum Gasteiger partial charge on any atom is -0.480 e. The Morgan fingerprint density at radius 3 is 1.86 bits per heavy atom. The second kappa shape index (κ2) is 17.0. The van der Waals surface area contributed by atoms with Crippen LogP contribution in [-0.2, 0) is 31.9 Å². The number of aliphatic carboxylic acids is 1. The number of carboxylic acid groups (broad SMARTS) is 1. The fourth-order valence-electron chi connectivity index (χ4n) is 4.06. The van der Waals surface area contributed by atoms with Crippen LogP contribution in [-0.4, -0.2) is 58.3 Å². The summed E-state index contributed by atoms with van der Waals surface area (Å²) in [6.07, 6.45) is -1.89. The van der Waals surface area contributed by atoms with Crippen molar-refractivity contribution >= 4 is 64.9 Å². The fraction of sp³-hybridized carbons (Fsp3) is 0.314. The number of aliphatic imine (C=N–C) groups is 1. The first kappa shape index (κ1) is 39.3. The second-order valence-electron chi connectivity index (χ2n) is 12.9. The lowest BCUT2D eigenvalue weighted by molar-refractivity contribution is -0.141. The average molecular weight is 730 g/mol. The number of carbonyl (C=O) groups excluding carboxylic acids is 4. The highest BCUT2D eigenvalue weighted by molar-refractivity contribution is 6.31. The van der Waals surface area contributed by atoms with Crippen molar-refractivity contribution in [2.45, 2.75) is 71.6 Å². The number of rotatable bonds is 9. The molecule has 0 radical (unpaired) electrons. The maximum atomic E-state index is 12.9. The van der Waals surface area contributed by atoms with Crippen molar-refractivity contribution in [3.05, 3.63) is 93.5 Å². The van der Waals surface area contributed by atoms with E-state index in [0.29, 0.717) is 16.1 Å². The van der Waals surface area contributed by atoms with Gasteiger partial charge >= 0.3 is 24.1 Å². The number of ether oxygens (including phenoxy) is 3. The summed E-state index contributed by atoms with van der Waals surface area (Å²) in [5, 5.41) is 17.5. The number of guanidine groups is 1. The highest BCUT2D eigenvalue weighted by atomic mass is 35.5. The number of carbonyl (C=O) groups is 5. The molecule has 1 atom stereocenters. The summed E-state index contributed by atoms with van der Waals surface area (Å²) >= 11 is 12.3. The average Bonchev–Trinajstić information content (AvgIpc) is 2.97. The molecule has 3 rings (SSSR count). The molecule has 3 aromatic rings. The summed E-state index contributed by atoms with van der Waals surface area (Å²) in [6, 6.07) is 15.5. The van der Waals surface area contributed by atoms with E-state index in [0.717, 1.165) is 0 Å². The molecule has 0 heterocycles. The van der Waals surface area contributed by atoms with E-state index in [4.69, 9.17) is 37.4 Å². The molecule has 0 bridgehead atoms. The lowest BCUT2D eigenvalue weighted by Crippen LogP contribution is -2.47. The molecular formula is C35H38Cl2N4O9. The van der Waals surface area contributed by atoms with E-state index in [-0.39, 0.29) is 40.8 Å². The van der Waals surface area contributed by atoms with Gasteiger partial charge in [0.1, 0.15) is 23.0 Å². The van der Waals surface area contributed by atoms with Crippen LogP contribution in [0.2, 0.25) is 10.0 Å². The van der Waals surface area contributed by atoms with Gasteiger partial charge < -0.3 is 24.6 Å². The van der Waals surface area contributed by atoms with Gasteiger partial charge in [-0.3, -0.25) is 15.4 Å². The maximum Gasteiger partial charge on any atom is 0.414 e. The van der Waals surface area contributed by atoms with Crippen LogP contribution in [0.25, 0.3) is 0 Å². The predicted octanol–water partition coefficient (Wildman–Crippen LogP) is 6.60. The molecule has 0 fully saturated rings. The molecular weight excluding hydrogens is 691 g/mol. The van der Waals surface area contributed by atoms with Gasteiger partial charge in [0.25, 0.3) is 0 Å². The van der Waals surface area contributed by atoms with E-state index in [9.17, 15) is 29.1 Å². The number of alkyl carbamates (subject to hydrolysis) is 2. The molecule has 0 aliphatic heterocycles. The first-order valence-electron chi connectivity index (χ1n) is 15.2. The minimum absolute atomic E-state index is 0.0568. The zero-order valence-corrected chi connectivity index (χ0v) is 29.8. The van der Waals surface area contributed by atoms with Gasteiger partial charge in [0.05, 0.1) is 17.7 Å². The zero-order chi connectivity index (χ0) is 37.2. The molecule has 3 aromatic carbocycles. The Morgan fingerprint density at radius 1 is 0.800 bits per heavy atom. The van der Waals surface area contributed by atoms with Gasteiger partial charge in [0.15, 0.2) is 0 Å². The lowest BCUT2D eigenvalue weighted by atomic mass is 10.1. The fourth-order valence-corrected chi connectivity index (χ4v) is 4.43. The molecule has 4 N–H and O–H groups in total. The molecule has 50 heavy (non-hydrogen) atoms. The number of carboxylic acids is 1. The molecule has 0 aromatic heterocycles. The Hall–Kier alpha value is -5.14. The van der Waals surface area contributed by atoms with Crippen LogP contribution in [0.5, 0.6) is 5.75 Å². The molecule has 0 unspecified atom stereocenters. The number of amides is 3. The molecule has 15 heteroatoms. The summed E-state index contributed by atoms with van der Waals surface area (Å²) in [5.41, 5.74) is -0.153. The van der Waals surface area contributed by atoms with Gasteiger partial charge in [-0.05, 0) is 101 Å². The monoisotopic (exact) mass is 728 g/mol. The van der Waals surface area contributed by atoms with E-state index < -0.39 is 47.3 Å². The second-order valence-corrected chi connectivity index (χ2v) is 13.7. The highest BCUT2D eigenvalue weighted by Crippen LogP contribution is 2.24. The number of hydrogen-bond donors (Lipinski definition) is 4. The maximum absolute atomic E-state index is 12.9. The third kappa shape index (κ3) is 13.8. The first-order valence-corrected chi connectivity index (χ1v) is 16.0. The van der Waals surface area contributed by atoms with Crippen molar-refractivity contribution in [1.29, 1.82) is 0 Å². The number of benzene rings is 3. The molecule has 0 aliphatic rings. The van der Waals surface area contributed by atoms with Gasteiger partial charge in [-0.25, -0.2) is 24.2 Å². The Balaban J connectivity index is 1.65. The summed E-state index contributed by atoms with van der Waals surface area (Å²) in [4.78, 5) is 66.2. The Bertz CT molecular complexity index is 1720. The van der Waals surface area contributed by atoms with Gasteiger partial charge in [-0.2, -0.15) is 0 Å². The van der Waals surface area contributed by atoms with E-state index in [2.05, 4.69) is 20.9 Å². The molecule has 3 amide bonds. The first-order chi connectivity index (χ1) is 23.3. The van der Waals surface area contributed by atoms with Gasteiger partial charge in [0.2, 0.25) is 11.9 Å². The van der Waals surface area contributed by atoms with Crippen LogP contribution in [0.3, 0.4) is 0 Å². The zero-order valence-electron chi connectivity index (χ0n) is 28.3. The number of hydrogen-bond acceptors (Lipinski definition) is 9. The van der Waals surface area contributed by atoms with Crippen molar-refractivity contribution in [2.24, 2.45) is 4.99 Å². The van der Waals surface area contributed by atoms with Crippen LogP contribution in [0.4, 0.5) is 15.3 Å². The van der Waals surface area contributed by atoms with Crippen LogP contribution >= 0.6 is 23.2 Å². The molecule has 0 saturated heterocycles. The van der Waals surface area contributed by atoms with Gasteiger partial charge in [-0.1, -0.05) is 41.4 Å². The molecule has 0 spiro atoms. The predicted molar refractivity (Wildman–Crippen MR) is 187 cm³/mol. The standard InChI is InChI=1S/C35H38Cl2N4O9/c1-34(2,3)49-32(46)40-31(41-33(47)50-35(4,5)6)38-24-14-9-21(10-15-24)30(45)48-25-16-11-22(26(37)19-25)18-28(42)39-27(29(43)44)17-20-7-12-23(36)13-8-20/h7-16,19,27H,17-18H2,1-6H3,(H,39,42)(H,43,44)(H2,38,40,41,46,47)/t27-/m0/s1. The largest absolute Gasteiger partial charge is 0.480 e. The van der Waals surface area contributed by atoms with E-state index in [1.807, 2.05) is 0 Å². The Kier molecular flexibility index (Phi) is 13.4. The van der Waals surface area contributed by atoms with Gasteiger partial charge in [-0.15, -0.1) is 0 Å². The third-order valence-electron chi connectivity index (χ3n) is 6.16. The van der Waals surface area contributed by atoms with Crippen LogP contribution in [0.15, 0.2) is 71.7 Å². The SMILES string of the molecule is CC(C)(C)OC(=O)NC(=Nc1ccc(C(=O)Oc2ccc(CC(=O)N[C@@H](Cc3ccc(Cl)cc3)C(=O)O)c(Cl)c2)cc1)NC(=O)OC(C)(C)C. The van der Waals surface area contributed by atoms with Crippen molar-refractivity contribution in [1.82, 2.24) is 16.0 Å². The van der Waals surface area contributed by atoms with Gasteiger partial charge in [0, 0.05) is 16.5 Å². The van der Waals surface area contributed by atoms with E-state index in [1.54, 1.807) is 65.8 Å². The van der Waals surface area contributed by atoms with Crippen LogP contribution in [0, 0.1) is 0 Å². The van der Waals surface area contributed by atoms with Crippen LogP contribution in [0.1, 0.15) is 63.0 Å². The quantitative estimate of drug-likeness (QED) is 0.0816. The summed E-state index contributed by atoms with van der Waals surface area (Å²) in [7, 11) is 0. The number of nitrogens with one attached hydrogen (secondary N) is 3. The molecule has 13 nitrogen and oxygen atoms in total. The third-order valence-corrected chi connectivity index (χ3v) is 6.76. The normalized spacial score (nSPS) is 11.8. The smallest absolute Gasteiger partial charge is 0.414 e. The summed E-state index contributed by atoms with van der Waals surface area (Å²) < 4.78 is 15.9.